The van der Waals surface area contributed by atoms with Crippen LogP contribution in [-0.4, -0.2) is 46.9 Å². The van der Waals surface area contributed by atoms with Crippen molar-refractivity contribution in [3.8, 4) is 0 Å². The molecule has 2 atom stereocenters. The number of ether oxygens (including phenoxy) is 2. The monoisotopic (exact) mass is 527 g/mol. The predicted molar refractivity (Wildman–Crippen MR) is 152 cm³/mol. The van der Waals surface area contributed by atoms with Gasteiger partial charge in [-0.15, -0.1) is 0 Å². The average molecular weight is 528 g/mol. The fourth-order valence-corrected chi connectivity index (χ4v) is 8.96. The molecule has 4 aliphatic carbocycles. The molecule has 1 aliphatic heterocycles. The minimum Gasteiger partial charge on any atom is -0.399 e. The van der Waals surface area contributed by atoms with Gasteiger partial charge in [0.1, 0.15) is 0 Å². The Morgan fingerprint density at radius 3 is 2.05 bits per heavy atom. The van der Waals surface area contributed by atoms with Crippen molar-refractivity contribution >= 4 is 12.6 Å². The van der Waals surface area contributed by atoms with Gasteiger partial charge in [-0.2, -0.15) is 5.10 Å². The summed E-state index contributed by atoms with van der Waals surface area (Å²) in [6.45, 7) is 26.5. The Bertz CT molecular complexity index is 1020. The molecule has 6 nitrogen and oxygen atoms in total. The largest absolute Gasteiger partial charge is 0.498 e. The van der Waals surface area contributed by atoms with Crippen molar-refractivity contribution < 1.29 is 18.8 Å². The quantitative estimate of drug-likeness (QED) is 0.296. The van der Waals surface area contributed by atoms with E-state index in [1.807, 2.05) is 6.20 Å². The minimum absolute atomic E-state index is 0.0618. The second-order valence-corrected chi connectivity index (χ2v) is 16.3. The van der Waals surface area contributed by atoms with Crippen molar-refractivity contribution in [2.24, 2.45) is 21.7 Å². The van der Waals surface area contributed by atoms with E-state index in [1.54, 1.807) is 0 Å². The van der Waals surface area contributed by atoms with E-state index in [9.17, 15) is 0 Å². The van der Waals surface area contributed by atoms with Crippen LogP contribution in [0.3, 0.4) is 0 Å². The Hall–Kier alpha value is -0.885. The number of nitrogens with zero attached hydrogens (tertiary/aromatic N) is 2. The predicted octanol–water partition coefficient (Wildman–Crippen LogP) is 6.24. The van der Waals surface area contributed by atoms with Gasteiger partial charge in [0.15, 0.2) is 0 Å². The molecule has 1 aromatic rings. The van der Waals surface area contributed by atoms with Crippen LogP contribution in [0.5, 0.6) is 0 Å². The summed E-state index contributed by atoms with van der Waals surface area (Å²) in [4.78, 5) is 0. The van der Waals surface area contributed by atoms with Crippen LogP contribution in [-0.2, 0) is 25.3 Å². The molecule has 0 amide bonds. The molecule has 4 saturated carbocycles. The van der Waals surface area contributed by atoms with E-state index in [1.165, 1.54) is 19.3 Å². The lowest BCUT2D eigenvalue weighted by atomic mass is 9.39. The third-order valence-corrected chi connectivity index (χ3v) is 10.7. The molecule has 213 valence electrons. The highest BCUT2D eigenvalue weighted by Crippen LogP contribution is 2.72. The van der Waals surface area contributed by atoms with Gasteiger partial charge in [-0.3, -0.25) is 4.68 Å². The highest BCUT2D eigenvalue weighted by atomic mass is 16.7. The first-order valence-electron chi connectivity index (χ1n) is 14.8. The van der Waals surface area contributed by atoms with Crippen molar-refractivity contribution in [3.05, 3.63) is 18.0 Å². The number of aromatic nitrogens is 2. The minimum atomic E-state index is -0.372. The van der Waals surface area contributed by atoms with E-state index in [0.717, 1.165) is 43.1 Å². The van der Waals surface area contributed by atoms with E-state index in [-0.39, 0.29) is 34.8 Å². The van der Waals surface area contributed by atoms with E-state index in [0.29, 0.717) is 24.0 Å². The molecule has 2 unspecified atom stereocenters. The maximum absolute atomic E-state index is 6.85. The summed E-state index contributed by atoms with van der Waals surface area (Å²) in [6.07, 6.45) is 10.3. The lowest BCUT2D eigenvalue weighted by Crippen LogP contribution is -2.64. The van der Waals surface area contributed by atoms with Crippen LogP contribution in [0.15, 0.2) is 6.20 Å². The van der Waals surface area contributed by atoms with Crippen molar-refractivity contribution in [3.63, 3.8) is 0 Å². The van der Waals surface area contributed by atoms with Crippen LogP contribution >= 0.6 is 0 Å². The van der Waals surface area contributed by atoms with Crippen LogP contribution in [0.4, 0.5) is 0 Å². The fraction of sp³-hybridized carbons (Fsp3) is 0.871. The summed E-state index contributed by atoms with van der Waals surface area (Å²) >= 11 is 0. The van der Waals surface area contributed by atoms with Gasteiger partial charge in [0.25, 0.3) is 0 Å². The van der Waals surface area contributed by atoms with Gasteiger partial charge in [0.05, 0.1) is 36.1 Å². The Balaban J connectivity index is 1.33. The third-order valence-electron chi connectivity index (χ3n) is 10.7. The van der Waals surface area contributed by atoms with Crippen molar-refractivity contribution in [1.29, 1.82) is 0 Å². The molecule has 38 heavy (non-hydrogen) atoms. The average Bonchev–Trinajstić information content (AvgIpc) is 3.16. The van der Waals surface area contributed by atoms with Gasteiger partial charge < -0.3 is 18.8 Å². The summed E-state index contributed by atoms with van der Waals surface area (Å²) in [5, 5.41) is 4.91. The van der Waals surface area contributed by atoms with Crippen LogP contribution < -0.4 is 5.46 Å². The molecular formula is C31H52BN2O4. The number of rotatable bonds is 8. The van der Waals surface area contributed by atoms with Gasteiger partial charge >= 0.3 is 7.12 Å². The lowest BCUT2D eigenvalue weighted by molar-refractivity contribution is -0.250. The highest BCUT2D eigenvalue weighted by molar-refractivity contribution is 6.62. The summed E-state index contributed by atoms with van der Waals surface area (Å²) in [5.74, 6) is 0. The van der Waals surface area contributed by atoms with Crippen LogP contribution in [0.25, 0.3) is 0 Å². The van der Waals surface area contributed by atoms with E-state index in [4.69, 9.17) is 23.9 Å². The van der Waals surface area contributed by atoms with E-state index >= 15 is 0 Å². The zero-order valence-corrected chi connectivity index (χ0v) is 26.0. The molecule has 1 radical (unpaired) electrons. The Morgan fingerprint density at radius 2 is 1.50 bits per heavy atom. The van der Waals surface area contributed by atoms with Gasteiger partial charge in [-0.1, -0.05) is 34.6 Å². The van der Waals surface area contributed by atoms with Gasteiger partial charge in [0.2, 0.25) is 0 Å². The third kappa shape index (κ3) is 5.03. The fourth-order valence-electron chi connectivity index (χ4n) is 8.96. The first-order valence-corrected chi connectivity index (χ1v) is 14.8. The zero-order valence-electron chi connectivity index (χ0n) is 26.0. The molecule has 0 N–H and O–H groups in total. The topological polar surface area (TPSA) is 54.7 Å². The molecule has 1 saturated heterocycles. The normalized spacial score (nSPS) is 37.5. The van der Waals surface area contributed by atoms with Crippen LogP contribution in [0.2, 0.25) is 0 Å². The Morgan fingerprint density at radius 1 is 0.921 bits per heavy atom. The summed E-state index contributed by atoms with van der Waals surface area (Å²) in [6, 6.07) is 0. The lowest BCUT2D eigenvalue weighted by Gasteiger charge is -2.69. The first kappa shape index (κ1) is 28.6. The summed E-state index contributed by atoms with van der Waals surface area (Å²) in [7, 11) is -0.372. The van der Waals surface area contributed by atoms with Gasteiger partial charge in [0, 0.05) is 23.9 Å². The molecule has 0 spiro atoms. The molecule has 0 aromatic carbocycles. The highest BCUT2D eigenvalue weighted by Gasteiger charge is 2.66. The SMILES string of the molecule is C[C](OCCOC12CC3(C)CC(C)(CC(Cn4ncc(B5OC(C)(C)C(C)(C)O5)c4C)(C3)C1)C2)C(C)(C)C. The van der Waals surface area contributed by atoms with Gasteiger partial charge in [-0.05, 0) is 102 Å². The molecule has 5 aliphatic rings. The maximum atomic E-state index is 6.85. The maximum Gasteiger partial charge on any atom is 0.498 e. The van der Waals surface area contributed by atoms with E-state index in [2.05, 4.69) is 80.8 Å². The first-order chi connectivity index (χ1) is 17.3. The van der Waals surface area contributed by atoms with Crippen molar-refractivity contribution in [2.75, 3.05) is 13.2 Å². The summed E-state index contributed by atoms with van der Waals surface area (Å²) < 4.78 is 27.9. The second kappa shape index (κ2) is 8.81. The molecule has 1 aromatic heterocycles. The van der Waals surface area contributed by atoms with Crippen LogP contribution in [0, 0.1) is 34.7 Å². The standard InChI is InChI=1S/C31H52BN2O4/c1-22-24(32-37-26(6,7)27(8,9)38-32)14-33-34(22)21-30-16-28(10)15-29(11,17-30)19-31(18-28,20-30)36-13-12-35-23(2)25(3,4)5/h14H,12-13,15-21H2,1-11H3. The zero-order chi connectivity index (χ0) is 28.0. The van der Waals surface area contributed by atoms with E-state index < -0.39 is 0 Å². The molecule has 6 rings (SSSR count). The number of hydrogen-bond donors (Lipinski definition) is 0. The molecular weight excluding hydrogens is 475 g/mol. The van der Waals surface area contributed by atoms with Crippen LogP contribution in [0.1, 0.15) is 113 Å². The molecule has 7 heteroatoms. The summed E-state index contributed by atoms with van der Waals surface area (Å²) in [5.41, 5.74) is 2.32. The number of hydrogen-bond acceptors (Lipinski definition) is 5. The smallest absolute Gasteiger partial charge is 0.399 e. The van der Waals surface area contributed by atoms with Crippen molar-refractivity contribution in [2.45, 2.75) is 138 Å². The Kier molecular flexibility index (Phi) is 6.64. The van der Waals surface area contributed by atoms with Crippen molar-refractivity contribution in [1.82, 2.24) is 9.78 Å². The molecule has 2 heterocycles. The second-order valence-electron chi connectivity index (χ2n) is 16.3. The Labute approximate surface area is 232 Å². The molecule has 4 bridgehead atoms. The molecule has 5 fully saturated rings. The van der Waals surface area contributed by atoms with Gasteiger partial charge in [-0.25, -0.2) is 0 Å².